The van der Waals surface area contributed by atoms with Crippen molar-refractivity contribution in [3.63, 3.8) is 0 Å². The molecule has 102 valence electrons. The van der Waals surface area contributed by atoms with Crippen molar-refractivity contribution < 1.29 is 0 Å². The molecule has 3 rings (SSSR count). The van der Waals surface area contributed by atoms with Crippen LogP contribution in [0.25, 0.3) is 10.8 Å². The summed E-state index contributed by atoms with van der Waals surface area (Å²) in [5.74, 6) is 0. The first kappa shape index (κ1) is 12.9. The van der Waals surface area contributed by atoms with Gasteiger partial charge in [-0.3, -0.25) is 0 Å². The Morgan fingerprint density at radius 2 is 1.85 bits per heavy atom. The van der Waals surface area contributed by atoms with Crippen LogP contribution < -0.4 is 5.32 Å². The zero-order valence-electron chi connectivity index (χ0n) is 12.0. The van der Waals surface area contributed by atoms with Crippen molar-refractivity contribution in [2.24, 2.45) is 7.05 Å². The fraction of sp³-hybridized carbons (Fsp3) is 0.222. The molecule has 1 heterocycles. The van der Waals surface area contributed by atoms with Gasteiger partial charge in [-0.25, -0.2) is 0 Å². The van der Waals surface area contributed by atoms with Crippen LogP contribution in [-0.2, 0) is 13.6 Å². The highest BCUT2D eigenvalue weighted by atomic mass is 14.9. The molecule has 0 spiro atoms. The molecule has 2 heteroatoms. The molecule has 3 aromatic rings. The summed E-state index contributed by atoms with van der Waals surface area (Å²) in [6, 6.07) is 17.6. The molecule has 1 atom stereocenters. The number of fused-ring (bicyclic) bond motifs is 1. The van der Waals surface area contributed by atoms with E-state index in [0.29, 0.717) is 6.04 Å². The first-order valence-corrected chi connectivity index (χ1v) is 7.06. The van der Waals surface area contributed by atoms with Gasteiger partial charge in [0.15, 0.2) is 0 Å². The smallest absolute Gasteiger partial charge is 0.0301 e. The maximum atomic E-state index is 3.61. The van der Waals surface area contributed by atoms with E-state index >= 15 is 0 Å². The van der Waals surface area contributed by atoms with Crippen LogP contribution in [0.5, 0.6) is 0 Å². The lowest BCUT2D eigenvalue weighted by atomic mass is 9.99. The van der Waals surface area contributed by atoms with Crippen LogP contribution in [0.4, 0.5) is 0 Å². The van der Waals surface area contributed by atoms with Gasteiger partial charge in [0.2, 0.25) is 0 Å². The highest BCUT2D eigenvalue weighted by Crippen LogP contribution is 2.24. The SMILES string of the molecule is CC(NCc1ccn(C)c1)c1cccc2ccccc12. The Bertz CT molecular complexity index is 707. The first-order valence-electron chi connectivity index (χ1n) is 7.06. The number of nitrogens with one attached hydrogen (secondary N) is 1. The molecule has 1 N–H and O–H groups in total. The summed E-state index contributed by atoms with van der Waals surface area (Å²) in [5, 5.41) is 6.25. The number of aromatic nitrogens is 1. The zero-order chi connectivity index (χ0) is 13.9. The minimum atomic E-state index is 0.335. The Hall–Kier alpha value is -2.06. The van der Waals surface area contributed by atoms with Gasteiger partial charge >= 0.3 is 0 Å². The topological polar surface area (TPSA) is 17.0 Å². The molecule has 0 saturated carbocycles. The Morgan fingerprint density at radius 1 is 1.05 bits per heavy atom. The second-order valence-corrected chi connectivity index (χ2v) is 5.36. The molecule has 20 heavy (non-hydrogen) atoms. The molecule has 2 aromatic carbocycles. The average Bonchev–Trinajstić information content (AvgIpc) is 2.90. The van der Waals surface area contributed by atoms with Gasteiger partial charge in [0.1, 0.15) is 0 Å². The lowest BCUT2D eigenvalue weighted by Crippen LogP contribution is -2.18. The van der Waals surface area contributed by atoms with Crippen molar-refractivity contribution in [1.29, 1.82) is 0 Å². The molecule has 0 aliphatic heterocycles. The number of hydrogen-bond acceptors (Lipinski definition) is 1. The third kappa shape index (κ3) is 2.61. The predicted molar refractivity (Wildman–Crippen MR) is 84.6 cm³/mol. The molecule has 0 amide bonds. The first-order chi connectivity index (χ1) is 9.74. The highest BCUT2D eigenvalue weighted by Gasteiger charge is 2.08. The number of benzene rings is 2. The molecule has 0 aliphatic rings. The van der Waals surface area contributed by atoms with Crippen LogP contribution in [0.2, 0.25) is 0 Å². The van der Waals surface area contributed by atoms with Crippen LogP contribution in [0, 0.1) is 0 Å². The van der Waals surface area contributed by atoms with E-state index in [1.807, 2.05) is 0 Å². The summed E-state index contributed by atoms with van der Waals surface area (Å²) >= 11 is 0. The average molecular weight is 264 g/mol. The van der Waals surface area contributed by atoms with E-state index in [1.54, 1.807) is 0 Å². The van der Waals surface area contributed by atoms with Gasteiger partial charge in [-0.1, -0.05) is 42.5 Å². The molecule has 0 bridgehead atoms. The molecule has 0 aliphatic carbocycles. The van der Waals surface area contributed by atoms with Crippen LogP contribution in [-0.4, -0.2) is 4.57 Å². The van der Waals surface area contributed by atoms with E-state index in [0.717, 1.165) is 6.54 Å². The molecule has 0 fully saturated rings. The zero-order valence-corrected chi connectivity index (χ0v) is 12.0. The van der Waals surface area contributed by atoms with Crippen molar-refractivity contribution in [2.75, 3.05) is 0 Å². The van der Waals surface area contributed by atoms with Crippen molar-refractivity contribution in [2.45, 2.75) is 19.5 Å². The number of aryl methyl sites for hydroxylation is 1. The number of hydrogen-bond donors (Lipinski definition) is 1. The lowest BCUT2D eigenvalue weighted by molar-refractivity contribution is 0.578. The minimum Gasteiger partial charge on any atom is -0.357 e. The van der Waals surface area contributed by atoms with Gasteiger partial charge in [0.05, 0.1) is 0 Å². The molecule has 0 radical (unpaired) electrons. The third-order valence-electron chi connectivity index (χ3n) is 3.80. The third-order valence-corrected chi connectivity index (χ3v) is 3.80. The van der Waals surface area contributed by atoms with Crippen LogP contribution in [0.1, 0.15) is 24.1 Å². The lowest BCUT2D eigenvalue weighted by Gasteiger charge is -2.16. The van der Waals surface area contributed by atoms with E-state index in [2.05, 4.69) is 84.8 Å². The van der Waals surface area contributed by atoms with Gasteiger partial charge in [0.25, 0.3) is 0 Å². The largest absolute Gasteiger partial charge is 0.357 e. The van der Waals surface area contributed by atoms with Crippen LogP contribution in [0.15, 0.2) is 60.9 Å². The Kier molecular flexibility index (Phi) is 3.57. The molecule has 2 nitrogen and oxygen atoms in total. The van der Waals surface area contributed by atoms with E-state index in [4.69, 9.17) is 0 Å². The van der Waals surface area contributed by atoms with Gasteiger partial charge in [-0.2, -0.15) is 0 Å². The fourth-order valence-corrected chi connectivity index (χ4v) is 2.67. The van der Waals surface area contributed by atoms with E-state index in [9.17, 15) is 0 Å². The van der Waals surface area contributed by atoms with Crippen molar-refractivity contribution in [3.8, 4) is 0 Å². The summed E-state index contributed by atoms with van der Waals surface area (Å²) in [6.45, 7) is 3.12. The van der Waals surface area contributed by atoms with Gasteiger partial charge in [0, 0.05) is 32.0 Å². The van der Waals surface area contributed by atoms with Crippen LogP contribution >= 0.6 is 0 Å². The van der Waals surface area contributed by atoms with E-state index in [1.165, 1.54) is 21.9 Å². The summed E-state index contributed by atoms with van der Waals surface area (Å²) < 4.78 is 2.08. The molecule has 0 saturated heterocycles. The maximum Gasteiger partial charge on any atom is 0.0301 e. The predicted octanol–water partition coefficient (Wildman–Crippen LogP) is 4.03. The number of nitrogens with zero attached hydrogens (tertiary/aromatic N) is 1. The molecular weight excluding hydrogens is 244 g/mol. The molecule has 1 aromatic heterocycles. The molecule has 1 unspecified atom stereocenters. The minimum absolute atomic E-state index is 0.335. The van der Waals surface area contributed by atoms with E-state index in [-0.39, 0.29) is 0 Å². The van der Waals surface area contributed by atoms with Gasteiger partial charge < -0.3 is 9.88 Å². The summed E-state index contributed by atoms with van der Waals surface area (Å²) in [5.41, 5.74) is 2.68. The van der Waals surface area contributed by atoms with Crippen LogP contribution in [0.3, 0.4) is 0 Å². The van der Waals surface area contributed by atoms with Crippen molar-refractivity contribution >= 4 is 10.8 Å². The maximum absolute atomic E-state index is 3.61. The standard InChI is InChI=1S/C18H20N2/c1-14(19-12-15-10-11-20(2)13-15)17-9-5-7-16-6-3-4-8-18(16)17/h3-11,13-14,19H,12H2,1-2H3. The summed E-state index contributed by atoms with van der Waals surface area (Å²) in [6.07, 6.45) is 4.24. The second-order valence-electron chi connectivity index (χ2n) is 5.36. The Labute approximate surface area is 120 Å². The Balaban J connectivity index is 1.80. The fourth-order valence-electron chi connectivity index (χ4n) is 2.67. The van der Waals surface area contributed by atoms with E-state index < -0.39 is 0 Å². The monoisotopic (exact) mass is 264 g/mol. The normalized spacial score (nSPS) is 12.7. The molecular formula is C18H20N2. The second kappa shape index (κ2) is 5.51. The Morgan fingerprint density at radius 3 is 2.65 bits per heavy atom. The number of rotatable bonds is 4. The van der Waals surface area contributed by atoms with Crippen molar-refractivity contribution in [3.05, 3.63) is 72.1 Å². The summed E-state index contributed by atoms with van der Waals surface area (Å²) in [7, 11) is 2.05. The quantitative estimate of drug-likeness (QED) is 0.753. The highest BCUT2D eigenvalue weighted by molar-refractivity contribution is 5.86. The van der Waals surface area contributed by atoms with Gasteiger partial charge in [-0.05, 0) is 34.9 Å². The van der Waals surface area contributed by atoms with Crippen molar-refractivity contribution in [1.82, 2.24) is 9.88 Å². The summed E-state index contributed by atoms with van der Waals surface area (Å²) in [4.78, 5) is 0. The van der Waals surface area contributed by atoms with Gasteiger partial charge in [-0.15, -0.1) is 0 Å².